The summed E-state index contributed by atoms with van der Waals surface area (Å²) in [6.45, 7) is 0.622. The molecule has 8 nitrogen and oxygen atoms in total. The fourth-order valence-electron chi connectivity index (χ4n) is 5.48. The van der Waals surface area contributed by atoms with E-state index in [0.717, 1.165) is 36.5 Å². The van der Waals surface area contributed by atoms with E-state index in [-0.39, 0.29) is 30.7 Å². The van der Waals surface area contributed by atoms with Crippen LogP contribution in [0.3, 0.4) is 0 Å². The van der Waals surface area contributed by atoms with E-state index in [0.29, 0.717) is 37.3 Å². The number of rotatable bonds is 9. The van der Waals surface area contributed by atoms with Crippen molar-refractivity contribution in [3.63, 3.8) is 0 Å². The molecule has 192 valence electrons. The first kappa shape index (κ1) is 25.7. The Morgan fingerprint density at radius 2 is 1.69 bits per heavy atom. The van der Waals surface area contributed by atoms with Crippen LogP contribution in [0, 0.1) is 5.92 Å². The summed E-state index contributed by atoms with van der Waals surface area (Å²) >= 11 is 0. The van der Waals surface area contributed by atoms with Gasteiger partial charge in [-0.05, 0) is 48.1 Å². The second-order valence-electron chi connectivity index (χ2n) is 10.0. The zero-order valence-corrected chi connectivity index (χ0v) is 20.7. The highest BCUT2D eigenvalue weighted by atomic mass is 16.2. The quantitative estimate of drug-likeness (QED) is 0.498. The molecule has 2 aliphatic rings. The van der Waals surface area contributed by atoms with Gasteiger partial charge in [0.05, 0.1) is 0 Å². The second-order valence-corrected chi connectivity index (χ2v) is 10.0. The average Bonchev–Trinajstić information content (AvgIpc) is 3.38. The summed E-state index contributed by atoms with van der Waals surface area (Å²) in [6.07, 6.45) is 7.48. The molecule has 1 aliphatic carbocycles. The molecule has 0 aromatic heterocycles. The molecule has 1 saturated heterocycles. The molecule has 1 heterocycles. The molecule has 2 fully saturated rings. The van der Waals surface area contributed by atoms with Crippen molar-refractivity contribution < 1.29 is 19.2 Å². The smallest absolute Gasteiger partial charge is 0.251 e. The molecule has 8 heteroatoms. The lowest BCUT2D eigenvalue weighted by Gasteiger charge is -2.31. The van der Waals surface area contributed by atoms with Crippen molar-refractivity contribution in [3.8, 4) is 0 Å². The fourth-order valence-corrected chi connectivity index (χ4v) is 5.48. The van der Waals surface area contributed by atoms with Crippen LogP contribution in [0.5, 0.6) is 0 Å². The molecule has 1 saturated carbocycles. The third-order valence-corrected chi connectivity index (χ3v) is 7.42. The maximum absolute atomic E-state index is 13.8. The van der Waals surface area contributed by atoms with E-state index in [1.165, 1.54) is 6.42 Å². The van der Waals surface area contributed by atoms with E-state index in [1.807, 2.05) is 36.4 Å². The van der Waals surface area contributed by atoms with Gasteiger partial charge in [0.15, 0.2) is 0 Å². The van der Waals surface area contributed by atoms with Gasteiger partial charge >= 0.3 is 0 Å². The van der Waals surface area contributed by atoms with Crippen molar-refractivity contribution in [1.29, 1.82) is 0 Å². The molecule has 2 aromatic carbocycles. The molecule has 2 aromatic rings. The molecule has 2 atom stereocenters. The first-order valence-electron chi connectivity index (χ1n) is 13.1. The molecule has 0 bridgehead atoms. The maximum Gasteiger partial charge on any atom is 0.251 e. The zero-order chi connectivity index (χ0) is 25.5. The summed E-state index contributed by atoms with van der Waals surface area (Å²) in [7, 11) is 0. The molecule has 0 spiro atoms. The van der Waals surface area contributed by atoms with Gasteiger partial charge in [0, 0.05) is 25.1 Å². The first-order valence-corrected chi connectivity index (χ1v) is 13.1. The SMILES string of the molecule is NC(=O)CCNC(=O)[C@@H]1CCCN1C(=O)[C@@H](CC1CCCCC1)NC(=O)c1ccc2ccccc2c1. The van der Waals surface area contributed by atoms with Crippen LogP contribution in [0.4, 0.5) is 0 Å². The van der Waals surface area contributed by atoms with Gasteiger partial charge in [-0.3, -0.25) is 19.2 Å². The molecule has 1 aliphatic heterocycles. The Morgan fingerprint density at radius 1 is 0.944 bits per heavy atom. The number of amides is 4. The molecular formula is C28H36N4O4. The Kier molecular flexibility index (Phi) is 8.57. The highest BCUT2D eigenvalue weighted by Crippen LogP contribution is 2.29. The van der Waals surface area contributed by atoms with Crippen LogP contribution in [0.15, 0.2) is 42.5 Å². The molecule has 4 rings (SSSR count). The summed E-state index contributed by atoms with van der Waals surface area (Å²) in [5, 5.41) is 7.75. The van der Waals surface area contributed by atoms with Crippen molar-refractivity contribution in [3.05, 3.63) is 48.0 Å². The van der Waals surface area contributed by atoms with Gasteiger partial charge in [-0.2, -0.15) is 0 Å². The second kappa shape index (κ2) is 12.0. The van der Waals surface area contributed by atoms with Gasteiger partial charge in [-0.15, -0.1) is 0 Å². The lowest BCUT2D eigenvalue weighted by Crippen LogP contribution is -2.54. The number of fused-ring (bicyclic) bond motifs is 1. The number of hydrogen-bond acceptors (Lipinski definition) is 4. The number of nitrogens with zero attached hydrogens (tertiary/aromatic N) is 1. The van der Waals surface area contributed by atoms with Crippen LogP contribution in [-0.4, -0.2) is 53.7 Å². The van der Waals surface area contributed by atoms with Crippen LogP contribution in [-0.2, 0) is 14.4 Å². The fraction of sp³-hybridized carbons (Fsp3) is 0.500. The molecule has 4 amide bonds. The monoisotopic (exact) mass is 492 g/mol. The van der Waals surface area contributed by atoms with Gasteiger partial charge in [0.2, 0.25) is 17.7 Å². The van der Waals surface area contributed by atoms with Gasteiger partial charge in [-0.25, -0.2) is 0 Å². The zero-order valence-electron chi connectivity index (χ0n) is 20.7. The number of primary amides is 1. The van der Waals surface area contributed by atoms with Gasteiger partial charge in [0.25, 0.3) is 5.91 Å². The Labute approximate surface area is 212 Å². The third-order valence-electron chi connectivity index (χ3n) is 7.42. The third kappa shape index (κ3) is 6.42. The number of carbonyl (C=O) groups excluding carboxylic acids is 4. The predicted molar refractivity (Wildman–Crippen MR) is 138 cm³/mol. The number of hydrogen-bond donors (Lipinski definition) is 3. The number of benzene rings is 2. The minimum atomic E-state index is -0.689. The van der Waals surface area contributed by atoms with E-state index in [1.54, 1.807) is 11.0 Å². The van der Waals surface area contributed by atoms with E-state index in [2.05, 4.69) is 10.6 Å². The Balaban J connectivity index is 1.49. The lowest BCUT2D eigenvalue weighted by molar-refractivity contribution is -0.140. The number of carbonyl (C=O) groups is 4. The van der Waals surface area contributed by atoms with Crippen molar-refractivity contribution in [2.24, 2.45) is 11.7 Å². The van der Waals surface area contributed by atoms with Crippen molar-refractivity contribution >= 4 is 34.4 Å². The van der Waals surface area contributed by atoms with Crippen LogP contribution in [0.1, 0.15) is 68.1 Å². The largest absolute Gasteiger partial charge is 0.370 e. The molecule has 4 N–H and O–H groups in total. The van der Waals surface area contributed by atoms with E-state index < -0.39 is 18.0 Å². The topological polar surface area (TPSA) is 122 Å². The van der Waals surface area contributed by atoms with E-state index in [9.17, 15) is 19.2 Å². The maximum atomic E-state index is 13.8. The van der Waals surface area contributed by atoms with Crippen molar-refractivity contribution in [1.82, 2.24) is 15.5 Å². The summed E-state index contributed by atoms with van der Waals surface area (Å²) in [5.41, 5.74) is 5.68. The molecule has 36 heavy (non-hydrogen) atoms. The Hall–Kier alpha value is -3.42. The van der Waals surface area contributed by atoms with Crippen LogP contribution >= 0.6 is 0 Å². The summed E-state index contributed by atoms with van der Waals surface area (Å²) in [5.74, 6) is -0.883. The Bertz CT molecular complexity index is 1110. The molecular weight excluding hydrogens is 456 g/mol. The number of nitrogens with two attached hydrogens (primary N) is 1. The number of nitrogens with one attached hydrogen (secondary N) is 2. The predicted octanol–water partition coefficient (Wildman–Crippen LogP) is 2.89. The summed E-state index contributed by atoms with van der Waals surface area (Å²) in [6, 6.07) is 12.1. The Morgan fingerprint density at radius 3 is 2.44 bits per heavy atom. The average molecular weight is 493 g/mol. The highest BCUT2D eigenvalue weighted by Gasteiger charge is 2.38. The van der Waals surface area contributed by atoms with Gasteiger partial charge < -0.3 is 21.3 Å². The standard InChI is InChI=1S/C28H36N4O4/c29-25(33)14-15-30-27(35)24-11-6-16-32(24)28(36)23(17-19-7-2-1-3-8-19)31-26(34)22-13-12-20-9-4-5-10-21(20)18-22/h4-5,9-10,12-13,18-19,23-24H,1-3,6-8,11,14-17H2,(H2,29,33)(H,30,35)(H,31,34)/t23-,24+/m1/s1. The summed E-state index contributed by atoms with van der Waals surface area (Å²) < 4.78 is 0. The highest BCUT2D eigenvalue weighted by molar-refractivity contribution is 6.01. The van der Waals surface area contributed by atoms with Crippen LogP contribution in [0.25, 0.3) is 10.8 Å². The number of likely N-dealkylation sites (tertiary alicyclic amines) is 1. The first-order chi connectivity index (χ1) is 17.4. The van der Waals surface area contributed by atoms with E-state index in [4.69, 9.17) is 5.73 Å². The van der Waals surface area contributed by atoms with Crippen molar-refractivity contribution in [2.45, 2.75) is 69.9 Å². The lowest BCUT2D eigenvalue weighted by atomic mass is 9.84. The minimum absolute atomic E-state index is 0.0541. The van der Waals surface area contributed by atoms with Gasteiger partial charge in [-0.1, -0.05) is 62.4 Å². The van der Waals surface area contributed by atoms with E-state index >= 15 is 0 Å². The van der Waals surface area contributed by atoms with Gasteiger partial charge in [0.1, 0.15) is 12.1 Å². The van der Waals surface area contributed by atoms with Crippen LogP contribution in [0.2, 0.25) is 0 Å². The molecule has 0 radical (unpaired) electrons. The minimum Gasteiger partial charge on any atom is -0.370 e. The molecule has 0 unspecified atom stereocenters. The van der Waals surface area contributed by atoms with Crippen molar-refractivity contribution in [2.75, 3.05) is 13.1 Å². The summed E-state index contributed by atoms with van der Waals surface area (Å²) in [4.78, 5) is 52.4. The van der Waals surface area contributed by atoms with Crippen LogP contribution < -0.4 is 16.4 Å². The normalized spacial score (nSPS) is 19.1.